The Bertz CT molecular complexity index is 619. The first-order chi connectivity index (χ1) is 11.8. The summed E-state index contributed by atoms with van der Waals surface area (Å²) in [7, 11) is 1.37. The molecule has 6 nitrogen and oxygen atoms in total. The summed E-state index contributed by atoms with van der Waals surface area (Å²) in [6.07, 6.45) is 3.15. The number of halogens is 1. The minimum atomic E-state index is -0.424. The second kappa shape index (κ2) is 10.7. The Labute approximate surface area is 153 Å². The van der Waals surface area contributed by atoms with Crippen molar-refractivity contribution >= 4 is 35.1 Å². The summed E-state index contributed by atoms with van der Waals surface area (Å²) in [6.45, 7) is 1.74. The molecule has 7 heteroatoms. The number of rotatable bonds is 10. The van der Waals surface area contributed by atoms with E-state index >= 15 is 0 Å². The second-order valence-electron chi connectivity index (χ2n) is 5.96. The summed E-state index contributed by atoms with van der Waals surface area (Å²) < 4.78 is 4.60. The maximum absolute atomic E-state index is 12.2. The average Bonchev–Trinajstić information content (AvgIpc) is 2.58. The van der Waals surface area contributed by atoms with Crippen molar-refractivity contribution in [3.05, 3.63) is 28.8 Å². The number of primary amides is 1. The van der Waals surface area contributed by atoms with Crippen molar-refractivity contribution in [1.82, 2.24) is 0 Å². The highest BCUT2D eigenvalue weighted by Gasteiger charge is 2.16. The molecule has 1 rings (SSSR count). The van der Waals surface area contributed by atoms with Crippen molar-refractivity contribution in [2.45, 2.75) is 45.4 Å². The monoisotopic (exact) mass is 368 g/mol. The molecule has 0 saturated heterocycles. The smallest absolute Gasteiger partial charge is 0.305 e. The van der Waals surface area contributed by atoms with E-state index in [1.807, 2.05) is 12.1 Å². The number of carbonyl (C=O) groups excluding carboxylic acids is 3. The minimum Gasteiger partial charge on any atom is -0.469 e. The lowest BCUT2D eigenvalue weighted by molar-refractivity contribution is -0.140. The van der Waals surface area contributed by atoms with Crippen molar-refractivity contribution < 1.29 is 19.1 Å². The van der Waals surface area contributed by atoms with Gasteiger partial charge in [0, 0.05) is 18.8 Å². The molecule has 0 aliphatic heterocycles. The van der Waals surface area contributed by atoms with Crippen molar-refractivity contribution in [3.63, 3.8) is 0 Å². The van der Waals surface area contributed by atoms with E-state index in [4.69, 9.17) is 17.3 Å². The van der Waals surface area contributed by atoms with Gasteiger partial charge >= 0.3 is 5.97 Å². The van der Waals surface area contributed by atoms with Crippen LogP contribution in [0, 0.1) is 5.92 Å². The van der Waals surface area contributed by atoms with Gasteiger partial charge in [-0.2, -0.15) is 0 Å². The molecule has 2 amide bonds. The molecule has 1 atom stereocenters. The number of aryl methyl sites for hydroxylation is 1. The summed E-state index contributed by atoms with van der Waals surface area (Å²) in [6, 6.07) is 5.46. The summed E-state index contributed by atoms with van der Waals surface area (Å²) >= 11 is 6.37. The number of hydrogen-bond donors (Lipinski definition) is 2. The van der Waals surface area contributed by atoms with Crippen LogP contribution in [-0.2, 0) is 25.5 Å². The van der Waals surface area contributed by atoms with E-state index in [1.54, 1.807) is 13.0 Å². The van der Waals surface area contributed by atoms with Crippen molar-refractivity contribution in [2.24, 2.45) is 11.7 Å². The fourth-order valence-electron chi connectivity index (χ4n) is 2.30. The van der Waals surface area contributed by atoms with E-state index in [0.29, 0.717) is 36.4 Å². The fourth-order valence-corrected chi connectivity index (χ4v) is 2.57. The highest BCUT2D eigenvalue weighted by atomic mass is 35.5. The lowest BCUT2D eigenvalue weighted by atomic mass is 10.0. The van der Waals surface area contributed by atoms with Gasteiger partial charge in [0.25, 0.3) is 0 Å². The summed E-state index contributed by atoms with van der Waals surface area (Å²) in [5.41, 5.74) is 6.56. The van der Waals surface area contributed by atoms with E-state index in [2.05, 4.69) is 10.1 Å². The molecule has 0 bridgehead atoms. The van der Waals surface area contributed by atoms with E-state index in [-0.39, 0.29) is 24.2 Å². The maximum atomic E-state index is 12.2. The third kappa shape index (κ3) is 7.56. The minimum absolute atomic E-state index is 0.169. The first-order valence-electron chi connectivity index (χ1n) is 8.28. The number of nitrogens with one attached hydrogen (secondary N) is 1. The Hall–Kier alpha value is -2.08. The SMILES string of the molecule is COC(=O)CCCCc1cccc(NC(=O)C(C)CCC(N)=O)c1Cl. The number of methoxy groups -OCH3 is 1. The van der Waals surface area contributed by atoms with Gasteiger partial charge in [0.15, 0.2) is 0 Å². The van der Waals surface area contributed by atoms with Crippen molar-refractivity contribution in [3.8, 4) is 0 Å². The van der Waals surface area contributed by atoms with Crippen LogP contribution in [0.1, 0.15) is 44.6 Å². The highest BCUT2D eigenvalue weighted by molar-refractivity contribution is 6.34. The van der Waals surface area contributed by atoms with Crippen LogP contribution in [0.2, 0.25) is 5.02 Å². The number of unbranched alkanes of at least 4 members (excludes halogenated alkanes) is 1. The lowest BCUT2D eigenvalue weighted by Crippen LogP contribution is -2.22. The number of benzene rings is 1. The van der Waals surface area contributed by atoms with Crippen LogP contribution in [0.3, 0.4) is 0 Å². The Balaban J connectivity index is 2.59. The highest BCUT2D eigenvalue weighted by Crippen LogP contribution is 2.28. The lowest BCUT2D eigenvalue weighted by Gasteiger charge is -2.14. The summed E-state index contributed by atoms with van der Waals surface area (Å²) in [5.74, 6) is -1.19. The van der Waals surface area contributed by atoms with Gasteiger partial charge in [-0.1, -0.05) is 30.7 Å². The summed E-state index contributed by atoms with van der Waals surface area (Å²) in [4.78, 5) is 34.1. The van der Waals surface area contributed by atoms with E-state index in [0.717, 1.165) is 12.0 Å². The van der Waals surface area contributed by atoms with Gasteiger partial charge in [0.2, 0.25) is 11.8 Å². The molecular formula is C18H25ClN2O4. The third-order valence-corrected chi connectivity index (χ3v) is 4.36. The first-order valence-corrected chi connectivity index (χ1v) is 8.66. The van der Waals surface area contributed by atoms with Crippen LogP contribution in [0.25, 0.3) is 0 Å². The van der Waals surface area contributed by atoms with Crippen LogP contribution < -0.4 is 11.1 Å². The van der Waals surface area contributed by atoms with Gasteiger partial charge in [-0.3, -0.25) is 14.4 Å². The zero-order chi connectivity index (χ0) is 18.8. The third-order valence-electron chi connectivity index (χ3n) is 3.91. The maximum Gasteiger partial charge on any atom is 0.305 e. The van der Waals surface area contributed by atoms with Gasteiger partial charge in [-0.15, -0.1) is 0 Å². The van der Waals surface area contributed by atoms with Crippen LogP contribution in [-0.4, -0.2) is 24.9 Å². The van der Waals surface area contributed by atoms with Gasteiger partial charge in [0.1, 0.15) is 0 Å². The van der Waals surface area contributed by atoms with Crippen LogP contribution in [0.15, 0.2) is 18.2 Å². The standard InChI is InChI=1S/C18H25ClN2O4/c1-12(10-11-15(20)22)18(24)21-14-8-5-7-13(17(14)19)6-3-4-9-16(23)25-2/h5,7-8,12H,3-4,6,9-11H2,1-2H3,(H2,20,22)(H,21,24). The molecule has 0 spiro atoms. The molecule has 0 aliphatic carbocycles. The molecule has 0 radical (unpaired) electrons. The Morgan fingerprint density at radius 3 is 2.60 bits per heavy atom. The Morgan fingerprint density at radius 1 is 1.24 bits per heavy atom. The number of esters is 1. The van der Waals surface area contributed by atoms with Crippen LogP contribution in [0.5, 0.6) is 0 Å². The molecule has 25 heavy (non-hydrogen) atoms. The Kier molecular flexibility index (Phi) is 8.99. The average molecular weight is 369 g/mol. The Morgan fingerprint density at radius 2 is 1.96 bits per heavy atom. The number of nitrogens with two attached hydrogens (primary N) is 1. The van der Waals surface area contributed by atoms with Crippen LogP contribution >= 0.6 is 11.6 Å². The number of carbonyl (C=O) groups is 3. The number of anilines is 1. The van der Waals surface area contributed by atoms with Crippen molar-refractivity contribution in [1.29, 1.82) is 0 Å². The predicted molar refractivity (Wildman–Crippen MR) is 97.2 cm³/mol. The van der Waals surface area contributed by atoms with Crippen LogP contribution in [0.4, 0.5) is 5.69 Å². The molecule has 0 aliphatic rings. The predicted octanol–water partition coefficient (Wildman–Crippen LogP) is 3.07. The molecule has 0 aromatic heterocycles. The second-order valence-corrected chi connectivity index (χ2v) is 6.34. The topological polar surface area (TPSA) is 98.5 Å². The zero-order valence-corrected chi connectivity index (χ0v) is 15.4. The van der Waals surface area contributed by atoms with E-state index < -0.39 is 5.91 Å². The van der Waals surface area contributed by atoms with Gasteiger partial charge in [-0.25, -0.2) is 0 Å². The quantitative estimate of drug-likeness (QED) is 0.489. The molecule has 138 valence electrons. The molecule has 0 fully saturated rings. The number of hydrogen-bond acceptors (Lipinski definition) is 4. The molecule has 0 heterocycles. The molecule has 3 N–H and O–H groups in total. The number of amides is 2. The fraction of sp³-hybridized carbons (Fsp3) is 0.500. The normalized spacial score (nSPS) is 11.6. The zero-order valence-electron chi connectivity index (χ0n) is 14.6. The molecule has 1 aromatic carbocycles. The van der Waals surface area contributed by atoms with Gasteiger partial charge in [-0.05, 0) is 37.3 Å². The summed E-state index contributed by atoms with van der Waals surface area (Å²) in [5, 5.41) is 3.29. The first kappa shape index (κ1) is 21.0. The van der Waals surface area contributed by atoms with E-state index in [9.17, 15) is 14.4 Å². The molecule has 1 aromatic rings. The van der Waals surface area contributed by atoms with Crippen molar-refractivity contribution in [2.75, 3.05) is 12.4 Å². The molecule has 0 saturated carbocycles. The van der Waals surface area contributed by atoms with Gasteiger partial charge < -0.3 is 15.8 Å². The largest absolute Gasteiger partial charge is 0.469 e. The molecule has 1 unspecified atom stereocenters. The number of ether oxygens (including phenoxy) is 1. The van der Waals surface area contributed by atoms with Gasteiger partial charge in [0.05, 0.1) is 17.8 Å². The van der Waals surface area contributed by atoms with E-state index in [1.165, 1.54) is 7.11 Å². The molecular weight excluding hydrogens is 344 g/mol.